The third kappa shape index (κ3) is 1.93. The van der Waals surface area contributed by atoms with E-state index in [1.165, 1.54) is 0 Å². The molecule has 0 saturated carbocycles. The lowest BCUT2D eigenvalue weighted by molar-refractivity contribution is -0.115. The molecule has 3 nitrogen and oxygen atoms in total. The summed E-state index contributed by atoms with van der Waals surface area (Å²) >= 11 is 7.92. The maximum atomic E-state index is 10.7. The molecule has 10 heavy (non-hydrogen) atoms. The maximum Gasteiger partial charge on any atom is 0.256 e. The fourth-order valence-corrected chi connectivity index (χ4v) is 0.783. The molecule has 0 rings (SSSR count). The molecule has 0 radical (unpaired) electrons. The van der Waals surface area contributed by atoms with Gasteiger partial charge in [-0.3, -0.25) is 4.79 Å². The smallest absolute Gasteiger partial charge is 0.256 e. The van der Waals surface area contributed by atoms with E-state index in [9.17, 15) is 13.2 Å². The van der Waals surface area contributed by atoms with E-state index in [0.717, 1.165) is 13.2 Å². The van der Waals surface area contributed by atoms with E-state index in [-0.39, 0.29) is 0 Å². The fraction of sp³-hybridized carbons (Fsp3) is 0.750. The first-order valence-electron chi connectivity index (χ1n) is 2.28. The van der Waals surface area contributed by atoms with Crippen molar-refractivity contribution in [3.8, 4) is 0 Å². The van der Waals surface area contributed by atoms with Gasteiger partial charge in [-0.1, -0.05) is 11.6 Å². The van der Waals surface area contributed by atoms with Gasteiger partial charge in [-0.15, -0.1) is 0 Å². The Morgan fingerprint density at radius 3 is 1.90 bits per heavy atom. The van der Waals surface area contributed by atoms with Crippen molar-refractivity contribution < 1.29 is 13.2 Å². The van der Waals surface area contributed by atoms with Crippen LogP contribution in [-0.2, 0) is 14.6 Å². The number of ketones is 1. The molecule has 0 heterocycles. The summed E-state index contributed by atoms with van der Waals surface area (Å²) in [6, 6.07) is 0. The van der Waals surface area contributed by atoms with Crippen molar-refractivity contribution in [3.63, 3.8) is 0 Å². The summed E-state index contributed by atoms with van der Waals surface area (Å²) < 4.78 is 19.4. The Morgan fingerprint density at radius 1 is 1.60 bits per heavy atom. The number of rotatable bonds is 2. The molecule has 0 saturated heterocycles. The molecule has 0 spiro atoms. The molecule has 0 amide bonds. The van der Waals surface area contributed by atoms with Crippen LogP contribution >= 0.6 is 27.5 Å². The molecule has 0 unspecified atom stereocenters. The van der Waals surface area contributed by atoms with Crippen LogP contribution in [-0.4, -0.2) is 23.6 Å². The highest BCUT2D eigenvalue weighted by molar-refractivity contribution is 9.12. The van der Waals surface area contributed by atoms with Crippen LogP contribution in [0, 0.1) is 0 Å². The van der Waals surface area contributed by atoms with Crippen molar-refractivity contribution in [2.24, 2.45) is 0 Å². The SMILES string of the molecule is CC(=O)[C@@](Cl)(Br)S(C)(=O)=O. The average molecular weight is 250 g/mol. The molecule has 0 aromatic rings. The second-order valence-electron chi connectivity index (χ2n) is 1.85. The molecular formula is C4H6BrClO3S. The molecule has 0 bridgehead atoms. The molecule has 0 aliphatic rings. The van der Waals surface area contributed by atoms with Gasteiger partial charge in [0.15, 0.2) is 15.6 Å². The number of sulfone groups is 1. The quantitative estimate of drug-likeness (QED) is 0.684. The lowest BCUT2D eigenvalue weighted by Crippen LogP contribution is -2.32. The van der Waals surface area contributed by atoms with Gasteiger partial charge in [-0.05, 0) is 22.9 Å². The Kier molecular flexibility index (Phi) is 2.90. The molecule has 0 fully saturated rings. The molecule has 0 N–H and O–H groups in total. The molecule has 0 aromatic carbocycles. The van der Waals surface area contributed by atoms with E-state index in [2.05, 4.69) is 15.9 Å². The zero-order valence-electron chi connectivity index (χ0n) is 5.39. The second kappa shape index (κ2) is 2.79. The summed E-state index contributed by atoms with van der Waals surface area (Å²) in [6.07, 6.45) is 0.885. The van der Waals surface area contributed by atoms with Crippen molar-refractivity contribution >= 4 is 43.2 Å². The van der Waals surface area contributed by atoms with E-state index >= 15 is 0 Å². The van der Waals surface area contributed by atoms with Crippen molar-refractivity contribution in [1.82, 2.24) is 0 Å². The minimum atomic E-state index is -3.57. The Morgan fingerprint density at radius 2 is 1.90 bits per heavy atom. The van der Waals surface area contributed by atoms with Crippen LogP contribution in [0.1, 0.15) is 6.92 Å². The molecule has 60 valence electrons. The van der Waals surface area contributed by atoms with Crippen molar-refractivity contribution in [1.29, 1.82) is 0 Å². The topological polar surface area (TPSA) is 51.2 Å². The molecule has 0 aromatic heterocycles. The standard InChI is InChI=1S/C4H6BrClO3S/c1-3(7)4(5,6)10(2,8)9/h1-2H3/t4-/m0/s1. The van der Waals surface area contributed by atoms with Crippen LogP contribution in [0.15, 0.2) is 0 Å². The van der Waals surface area contributed by atoms with E-state index in [4.69, 9.17) is 11.6 Å². The number of carbonyl (C=O) groups is 1. The highest BCUT2D eigenvalue weighted by atomic mass is 79.9. The number of alkyl halides is 2. The average Bonchev–Trinajstić information content (AvgIpc) is 1.62. The van der Waals surface area contributed by atoms with Crippen LogP contribution < -0.4 is 0 Å². The normalized spacial score (nSPS) is 18.0. The van der Waals surface area contributed by atoms with Crippen molar-refractivity contribution in [2.45, 2.75) is 10.0 Å². The van der Waals surface area contributed by atoms with Gasteiger partial charge in [0.25, 0.3) is 3.12 Å². The monoisotopic (exact) mass is 248 g/mol. The van der Waals surface area contributed by atoms with Crippen LogP contribution in [0.5, 0.6) is 0 Å². The van der Waals surface area contributed by atoms with Gasteiger partial charge < -0.3 is 0 Å². The van der Waals surface area contributed by atoms with E-state index in [0.29, 0.717) is 0 Å². The third-order valence-electron chi connectivity index (χ3n) is 0.876. The minimum absolute atomic E-state index is 0.642. The van der Waals surface area contributed by atoms with Gasteiger partial charge in [0.05, 0.1) is 0 Å². The molecule has 1 atom stereocenters. The van der Waals surface area contributed by atoms with E-state index < -0.39 is 18.7 Å². The van der Waals surface area contributed by atoms with Gasteiger partial charge >= 0.3 is 0 Å². The Labute approximate surface area is 72.8 Å². The second-order valence-corrected chi connectivity index (χ2v) is 6.96. The van der Waals surface area contributed by atoms with Crippen molar-refractivity contribution in [3.05, 3.63) is 0 Å². The van der Waals surface area contributed by atoms with Gasteiger partial charge in [-0.2, -0.15) is 0 Å². The summed E-state index contributed by atoms with van der Waals surface area (Å²) in [6.45, 7) is 1.10. The summed E-state index contributed by atoms with van der Waals surface area (Å²) in [5.41, 5.74) is 0. The van der Waals surface area contributed by atoms with Gasteiger partial charge in [-0.25, -0.2) is 8.42 Å². The lowest BCUT2D eigenvalue weighted by Gasteiger charge is -2.12. The Balaban J connectivity index is 4.95. The first-order chi connectivity index (χ1) is 4.19. The number of carbonyl (C=O) groups excluding carboxylic acids is 1. The van der Waals surface area contributed by atoms with Gasteiger partial charge in [0.1, 0.15) is 0 Å². The molecular weight excluding hydrogens is 243 g/mol. The lowest BCUT2D eigenvalue weighted by atomic mass is 10.5. The Hall–Kier alpha value is 0.390. The summed E-state index contributed by atoms with van der Waals surface area (Å²) in [5.74, 6) is -0.642. The molecule has 6 heteroatoms. The largest absolute Gasteiger partial charge is 0.296 e. The highest BCUT2D eigenvalue weighted by Gasteiger charge is 2.40. The summed E-state index contributed by atoms with van der Waals surface area (Å²) in [5, 5.41) is 0. The maximum absolute atomic E-state index is 10.7. The Bertz CT molecular complexity index is 243. The number of hydrogen-bond donors (Lipinski definition) is 0. The number of Topliss-reactive ketones (excluding diaryl/α,β-unsaturated/α-hetero) is 1. The predicted molar refractivity (Wildman–Crippen MR) is 43.0 cm³/mol. The predicted octanol–water partition coefficient (Wildman–Crippen LogP) is 0.908. The van der Waals surface area contributed by atoms with Crippen LogP contribution in [0.4, 0.5) is 0 Å². The minimum Gasteiger partial charge on any atom is -0.296 e. The van der Waals surface area contributed by atoms with Crippen LogP contribution in [0.25, 0.3) is 0 Å². The fourth-order valence-electron chi connectivity index (χ4n) is 0.261. The van der Waals surface area contributed by atoms with Gasteiger partial charge in [0, 0.05) is 6.26 Å². The molecule has 0 aliphatic carbocycles. The van der Waals surface area contributed by atoms with E-state index in [1.807, 2.05) is 0 Å². The van der Waals surface area contributed by atoms with Crippen LogP contribution in [0.3, 0.4) is 0 Å². The zero-order valence-corrected chi connectivity index (χ0v) is 8.55. The third-order valence-corrected chi connectivity index (χ3v) is 5.52. The van der Waals surface area contributed by atoms with E-state index in [1.54, 1.807) is 0 Å². The summed E-state index contributed by atoms with van der Waals surface area (Å²) in [7, 11) is -3.57. The molecule has 0 aliphatic heterocycles. The highest BCUT2D eigenvalue weighted by Crippen LogP contribution is 2.30. The van der Waals surface area contributed by atoms with Crippen molar-refractivity contribution in [2.75, 3.05) is 6.26 Å². The number of hydrogen-bond acceptors (Lipinski definition) is 3. The first-order valence-corrected chi connectivity index (χ1v) is 5.34. The summed E-state index contributed by atoms with van der Waals surface area (Å²) in [4.78, 5) is 10.6. The van der Waals surface area contributed by atoms with Gasteiger partial charge in [0.2, 0.25) is 0 Å². The number of halogens is 2. The zero-order chi connectivity index (χ0) is 8.58. The first kappa shape index (κ1) is 10.4. The van der Waals surface area contributed by atoms with Crippen LogP contribution in [0.2, 0.25) is 0 Å².